The molecule has 2 aliphatic heterocycles. The van der Waals surface area contributed by atoms with Crippen molar-refractivity contribution in [2.75, 3.05) is 6.61 Å². The molecule has 0 aromatic rings. The molecule has 4 nitrogen and oxygen atoms in total. The van der Waals surface area contributed by atoms with Crippen LogP contribution in [0.3, 0.4) is 0 Å². The van der Waals surface area contributed by atoms with Gasteiger partial charge in [-0.15, -0.1) is 0 Å². The SMILES string of the molecule is O=C(O)CC=C/C=C\C[C@H]1[C@@H](CCOC2CCCCC2)[C@H]2CC[C@@H]1O2. The van der Waals surface area contributed by atoms with Crippen LogP contribution in [0, 0.1) is 11.8 Å². The van der Waals surface area contributed by atoms with Crippen LogP contribution >= 0.6 is 0 Å². The van der Waals surface area contributed by atoms with Crippen LogP contribution in [0.1, 0.15) is 64.2 Å². The molecule has 2 heterocycles. The minimum atomic E-state index is -0.788. The van der Waals surface area contributed by atoms with Gasteiger partial charge in [-0.1, -0.05) is 43.6 Å². The Morgan fingerprint density at radius 3 is 2.48 bits per heavy atom. The van der Waals surface area contributed by atoms with E-state index in [0.29, 0.717) is 30.1 Å². The summed E-state index contributed by atoms with van der Waals surface area (Å²) in [7, 11) is 0. The van der Waals surface area contributed by atoms with Crippen molar-refractivity contribution in [3.8, 4) is 0 Å². The first-order valence-corrected chi connectivity index (χ1v) is 10.0. The van der Waals surface area contributed by atoms with Crippen LogP contribution in [0.25, 0.3) is 0 Å². The quantitative estimate of drug-likeness (QED) is 0.624. The maximum Gasteiger partial charge on any atom is 0.307 e. The van der Waals surface area contributed by atoms with Gasteiger partial charge in [-0.05, 0) is 50.4 Å². The lowest BCUT2D eigenvalue weighted by atomic mass is 9.76. The Kier molecular flexibility index (Phi) is 7.12. The molecule has 0 amide bonds. The molecule has 3 aliphatic rings. The predicted molar refractivity (Wildman–Crippen MR) is 97.5 cm³/mol. The molecule has 0 aromatic heterocycles. The average molecular weight is 348 g/mol. The Balaban J connectivity index is 1.42. The smallest absolute Gasteiger partial charge is 0.307 e. The number of fused-ring (bicyclic) bond motifs is 2. The zero-order valence-corrected chi connectivity index (χ0v) is 15.1. The number of ether oxygens (including phenoxy) is 2. The number of hydrogen-bond acceptors (Lipinski definition) is 3. The minimum absolute atomic E-state index is 0.0860. The van der Waals surface area contributed by atoms with E-state index in [0.717, 1.165) is 19.4 Å². The molecule has 0 radical (unpaired) electrons. The zero-order chi connectivity index (χ0) is 17.5. The van der Waals surface area contributed by atoms with Gasteiger partial charge in [0.2, 0.25) is 0 Å². The van der Waals surface area contributed by atoms with Crippen LogP contribution in [0.5, 0.6) is 0 Å². The molecule has 2 saturated heterocycles. The molecule has 2 bridgehead atoms. The molecular formula is C21H32O4. The number of allylic oxidation sites excluding steroid dienone is 3. The third-order valence-corrected chi connectivity index (χ3v) is 6.03. The highest BCUT2D eigenvalue weighted by Crippen LogP contribution is 2.46. The van der Waals surface area contributed by atoms with Gasteiger partial charge >= 0.3 is 5.97 Å². The van der Waals surface area contributed by atoms with Gasteiger partial charge in [-0.25, -0.2) is 0 Å². The van der Waals surface area contributed by atoms with Gasteiger partial charge in [0.25, 0.3) is 0 Å². The van der Waals surface area contributed by atoms with Crippen molar-refractivity contribution in [1.29, 1.82) is 0 Å². The summed E-state index contributed by atoms with van der Waals surface area (Å²) >= 11 is 0. The van der Waals surface area contributed by atoms with E-state index in [1.54, 1.807) is 6.08 Å². The van der Waals surface area contributed by atoms with Crippen LogP contribution in [0.2, 0.25) is 0 Å². The second kappa shape index (κ2) is 9.54. The summed E-state index contributed by atoms with van der Waals surface area (Å²) < 4.78 is 12.3. The third-order valence-electron chi connectivity index (χ3n) is 6.03. The summed E-state index contributed by atoms with van der Waals surface area (Å²) in [6.45, 7) is 0.876. The highest BCUT2D eigenvalue weighted by atomic mass is 16.5. The Morgan fingerprint density at radius 2 is 1.72 bits per heavy atom. The average Bonchev–Trinajstić information content (AvgIpc) is 3.21. The largest absolute Gasteiger partial charge is 0.481 e. The van der Waals surface area contributed by atoms with Crippen LogP contribution in [0.15, 0.2) is 24.3 Å². The fourth-order valence-electron chi connectivity index (χ4n) is 4.76. The molecule has 0 unspecified atom stereocenters. The van der Waals surface area contributed by atoms with Crippen molar-refractivity contribution >= 4 is 5.97 Å². The molecule has 3 fully saturated rings. The monoisotopic (exact) mass is 348 g/mol. The van der Waals surface area contributed by atoms with Gasteiger partial charge < -0.3 is 14.6 Å². The molecule has 1 saturated carbocycles. The molecule has 1 N–H and O–H groups in total. The number of carbonyl (C=O) groups is 1. The fourth-order valence-corrected chi connectivity index (χ4v) is 4.76. The van der Waals surface area contributed by atoms with Gasteiger partial charge in [0.15, 0.2) is 0 Å². The van der Waals surface area contributed by atoms with E-state index in [1.807, 2.05) is 12.2 Å². The first-order valence-electron chi connectivity index (χ1n) is 10.0. The van der Waals surface area contributed by atoms with E-state index >= 15 is 0 Å². The summed E-state index contributed by atoms with van der Waals surface area (Å²) in [5, 5.41) is 8.62. The number of rotatable bonds is 9. The van der Waals surface area contributed by atoms with E-state index in [-0.39, 0.29) is 6.42 Å². The first-order chi connectivity index (χ1) is 12.2. The minimum Gasteiger partial charge on any atom is -0.481 e. The Morgan fingerprint density at radius 1 is 1.00 bits per heavy atom. The first kappa shape index (κ1) is 18.7. The van der Waals surface area contributed by atoms with Gasteiger partial charge in [-0.3, -0.25) is 4.79 Å². The molecule has 1 aliphatic carbocycles. The number of hydrogen-bond donors (Lipinski definition) is 1. The van der Waals surface area contributed by atoms with Crippen molar-refractivity contribution in [1.82, 2.24) is 0 Å². The van der Waals surface area contributed by atoms with Gasteiger partial charge in [0, 0.05) is 6.61 Å². The van der Waals surface area contributed by atoms with E-state index in [9.17, 15) is 4.79 Å². The lowest BCUT2D eigenvalue weighted by Gasteiger charge is -2.28. The zero-order valence-electron chi connectivity index (χ0n) is 15.1. The number of carboxylic acids is 1. The van der Waals surface area contributed by atoms with Crippen molar-refractivity contribution in [3.63, 3.8) is 0 Å². The lowest BCUT2D eigenvalue weighted by Crippen LogP contribution is -2.28. The Bertz CT molecular complexity index is 478. The number of carboxylic acid groups (broad SMARTS) is 1. The van der Waals surface area contributed by atoms with Crippen LogP contribution < -0.4 is 0 Å². The van der Waals surface area contributed by atoms with Crippen molar-refractivity contribution < 1.29 is 19.4 Å². The molecule has 25 heavy (non-hydrogen) atoms. The van der Waals surface area contributed by atoms with E-state index in [2.05, 4.69) is 6.08 Å². The van der Waals surface area contributed by atoms with E-state index in [1.165, 1.54) is 44.9 Å². The second-order valence-electron chi connectivity index (χ2n) is 7.73. The topological polar surface area (TPSA) is 55.8 Å². The maximum absolute atomic E-state index is 10.5. The summed E-state index contributed by atoms with van der Waals surface area (Å²) in [5.74, 6) is 0.428. The molecule has 4 heteroatoms. The van der Waals surface area contributed by atoms with Gasteiger partial charge in [0.05, 0.1) is 24.7 Å². The lowest BCUT2D eigenvalue weighted by molar-refractivity contribution is -0.136. The molecule has 3 rings (SSSR count). The summed E-state index contributed by atoms with van der Waals surface area (Å²) in [6.07, 6.45) is 20.1. The highest BCUT2D eigenvalue weighted by Gasteiger charge is 2.47. The maximum atomic E-state index is 10.5. The predicted octanol–water partition coefficient (Wildman–Crippen LogP) is 4.50. The Labute approximate surface area is 151 Å². The van der Waals surface area contributed by atoms with Crippen molar-refractivity contribution in [3.05, 3.63) is 24.3 Å². The van der Waals surface area contributed by atoms with Crippen LogP contribution in [0.4, 0.5) is 0 Å². The van der Waals surface area contributed by atoms with Crippen LogP contribution in [-0.4, -0.2) is 36.0 Å². The van der Waals surface area contributed by atoms with Gasteiger partial charge in [-0.2, -0.15) is 0 Å². The fraction of sp³-hybridized carbons (Fsp3) is 0.762. The van der Waals surface area contributed by atoms with E-state index in [4.69, 9.17) is 14.6 Å². The summed E-state index contributed by atoms with van der Waals surface area (Å²) in [6, 6.07) is 0. The van der Waals surface area contributed by atoms with E-state index < -0.39 is 5.97 Å². The summed E-state index contributed by atoms with van der Waals surface area (Å²) in [4.78, 5) is 10.5. The Hall–Kier alpha value is -1.13. The van der Waals surface area contributed by atoms with Crippen molar-refractivity contribution in [2.45, 2.75) is 82.5 Å². The normalized spacial score (nSPS) is 33.0. The molecule has 0 spiro atoms. The second-order valence-corrected chi connectivity index (χ2v) is 7.73. The molecule has 140 valence electrons. The number of aliphatic carboxylic acids is 1. The molecule has 4 atom stereocenters. The summed E-state index contributed by atoms with van der Waals surface area (Å²) in [5.41, 5.74) is 0. The highest BCUT2D eigenvalue weighted by molar-refractivity contribution is 5.68. The van der Waals surface area contributed by atoms with Crippen LogP contribution in [-0.2, 0) is 14.3 Å². The molecule has 0 aromatic carbocycles. The van der Waals surface area contributed by atoms with Crippen molar-refractivity contribution in [2.24, 2.45) is 11.8 Å². The standard InChI is InChI=1S/C21H32O4/c22-21(23)11-7-2-1-6-10-17-18(20-13-12-19(17)25-20)14-15-24-16-8-4-3-5-9-16/h1-2,6-7,16-20H,3-5,8-15H2,(H,22,23)/b6-1-,7-2?/t17-,18+,19-,20+/m0/s1. The van der Waals surface area contributed by atoms with Gasteiger partial charge in [0.1, 0.15) is 0 Å². The molecular weight excluding hydrogens is 316 g/mol. The third kappa shape index (κ3) is 5.42.